The highest BCUT2D eigenvalue weighted by molar-refractivity contribution is 5.96. The summed E-state index contributed by atoms with van der Waals surface area (Å²) in [5.41, 5.74) is 12.9. The van der Waals surface area contributed by atoms with Gasteiger partial charge in [0.15, 0.2) is 0 Å². The van der Waals surface area contributed by atoms with Crippen LogP contribution in [0.15, 0.2) is 48.8 Å². The van der Waals surface area contributed by atoms with E-state index >= 15 is 0 Å². The average molecular weight is 446 g/mol. The van der Waals surface area contributed by atoms with E-state index in [-0.39, 0.29) is 0 Å². The minimum Gasteiger partial charge on any atom is -0.494 e. The number of nitrogens with two attached hydrogens (primary N) is 1. The van der Waals surface area contributed by atoms with Crippen LogP contribution in [0.3, 0.4) is 0 Å². The van der Waals surface area contributed by atoms with E-state index in [1.807, 2.05) is 31.4 Å². The number of methoxy groups -OCH3 is 1. The number of benzene rings is 2. The van der Waals surface area contributed by atoms with Crippen molar-refractivity contribution in [1.82, 2.24) is 19.9 Å². The molecule has 2 aromatic heterocycles. The molecule has 0 fully saturated rings. The van der Waals surface area contributed by atoms with Crippen molar-refractivity contribution in [2.75, 3.05) is 57.3 Å². The van der Waals surface area contributed by atoms with Gasteiger partial charge in [-0.15, -0.1) is 0 Å². The second-order valence-electron chi connectivity index (χ2n) is 8.43. The number of hydrogen-bond donors (Lipinski definition) is 3. The molecule has 4 rings (SSSR count). The molecule has 0 aliphatic heterocycles. The zero-order chi connectivity index (χ0) is 23.5. The first kappa shape index (κ1) is 22.4. The Morgan fingerprint density at radius 2 is 1.94 bits per heavy atom. The highest BCUT2D eigenvalue weighted by Crippen LogP contribution is 2.36. The zero-order valence-electron chi connectivity index (χ0n) is 19.8. The number of nitrogens with zero attached hydrogens (tertiary/aromatic N) is 4. The lowest BCUT2D eigenvalue weighted by Crippen LogP contribution is -2.29. The zero-order valence-corrected chi connectivity index (χ0v) is 19.8. The number of rotatable bonds is 8. The first-order valence-electron chi connectivity index (χ1n) is 10.9. The maximum absolute atomic E-state index is 6.39. The van der Waals surface area contributed by atoms with Crippen LogP contribution >= 0.6 is 0 Å². The Morgan fingerprint density at radius 1 is 1.12 bits per heavy atom. The van der Waals surface area contributed by atoms with E-state index in [0.29, 0.717) is 23.1 Å². The van der Waals surface area contributed by atoms with Crippen LogP contribution in [0, 0.1) is 6.92 Å². The fraction of sp³-hybridized carbons (Fsp3) is 0.280. The van der Waals surface area contributed by atoms with Crippen molar-refractivity contribution in [3.05, 3.63) is 54.4 Å². The monoisotopic (exact) mass is 445 g/mol. The lowest BCUT2D eigenvalue weighted by Gasteiger charge is -2.24. The molecule has 172 valence electrons. The van der Waals surface area contributed by atoms with E-state index in [1.165, 1.54) is 5.56 Å². The lowest BCUT2D eigenvalue weighted by molar-refractivity contribution is 0.413. The van der Waals surface area contributed by atoms with Crippen LogP contribution in [0.5, 0.6) is 5.75 Å². The molecule has 0 spiro atoms. The number of H-pyrrole nitrogens is 1. The quantitative estimate of drug-likeness (QED) is 0.349. The Morgan fingerprint density at radius 3 is 2.70 bits per heavy atom. The SMILES string of the molecule is COc1cc(N(C)CCN(C)C)c(N)cc1Nc1nccc(-c2c[nH]c3c(C)cccc23)n1. The van der Waals surface area contributed by atoms with Gasteiger partial charge < -0.3 is 30.6 Å². The topological polar surface area (TPSA) is 95.3 Å². The summed E-state index contributed by atoms with van der Waals surface area (Å²) in [7, 11) is 7.77. The van der Waals surface area contributed by atoms with Gasteiger partial charge in [0.25, 0.3) is 0 Å². The maximum atomic E-state index is 6.39. The van der Waals surface area contributed by atoms with Crippen molar-refractivity contribution in [3.63, 3.8) is 0 Å². The Labute approximate surface area is 194 Å². The van der Waals surface area contributed by atoms with Crippen LogP contribution in [-0.2, 0) is 0 Å². The summed E-state index contributed by atoms with van der Waals surface area (Å²) >= 11 is 0. The predicted octanol–water partition coefficient (Wildman–Crippen LogP) is 4.27. The molecular weight excluding hydrogens is 414 g/mol. The van der Waals surface area contributed by atoms with Gasteiger partial charge in [0.2, 0.25) is 5.95 Å². The minimum absolute atomic E-state index is 0.473. The summed E-state index contributed by atoms with van der Waals surface area (Å²) < 4.78 is 5.65. The van der Waals surface area contributed by atoms with Crippen molar-refractivity contribution in [2.24, 2.45) is 0 Å². The number of para-hydroxylation sites is 1. The van der Waals surface area contributed by atoms with Crippen LogP contribution in [0.4, 0.5) is 23.0 Å². The fourth-order valence-electron chi connectivity index (χ4n) is 3.86. The first-order valence-corrected chi connectivity index (χ1v) is 10.9. The van der Waals surface area contributed by atoms with Gasteiger partial charge in [0.1, 0.15) is 5.75 Å². The molecule has 8 nitrogen and oxygen atoms in total. The Bertz CT molecular complexity index is 1270. The number of aryl methyl sites for hydroxylation is 1. The van der Waals surface area contributed by atoms with E-state index in [4.69, 9.17) is 15.5 Å². The molecule has 2 aromatic carbocycles. The number of fused-ring (bicyclic) bond motifs is 1. The van der Waals surface area contributed by atoms with Crippen molar-refractivity contribution >= 4 is 33.9 Å². The van der Waals surface area contributed by atoms with Gasteiger partial charge in [-0.05, 0) is 38.7 Å². The van der Waals surface area contributed by atoms with Crippen molar-refractivity contribution in [1.29, 1.82) is 0 Å². The summed E-state index contributed by atoms with van der Waals surface area (Å²) in [6.07, 6.45) is 3.74. The number of likely N-dealkylation sites (N-methyl/N-ethyl adjacent to an activating group) is 2. The fourth-order valence-corrected chi connectivity index (χ4v) is 3.86. The molecule has 0 unspecified atom stereocenters. The van der Waals surface area contributed by atoms with Crippen LogP contribution in [-0.4, -0.2) is 61.2 Å². The molecular formula is C25H31N7O. The summed E-state index contributed by atoms with van der Waals surface area (Å²) in [5.74, 6) is 1.15. The molecule has 0 bridgehead atoms. The van der Waals surface area contributed by atoms with Gasteiger partial charge in [-0.1, -0.05) is 18.2 Å². The highest BCUT2D eigenvalue weighted by atomic mass is 16.5. The number of anilines is 4. The second kappa shape index (κ2) is 9.38. The summed E-state index contributed by atoms with van der Waals surface area (Å²) in [5, 5.41) is 4.41. The molecule has 2 heterocycles. The molecule has 8 heteroatoms. The van der Waals surface area contributed by atoms with Gasteiger partial charge in [-0.3, -0.25) is 0 Å². The van der Waals surface area contributed by atoms with Crippen molar-refractivity contribution in [3.8, 4) is 17.0 Å². The predicted molar refractivity (Wildman–Crippen MR) is 137 cm³/mol. The lowest BCUT2D eigenvalue weighted by atomic mass is 10.1. The van der Waals surface area contributed by atoms with Crippen molar-refractivity contribution < 1.29 is 4.74 Å². The molecule has 0 aliphatic carbocycles. The van der Waals surface area contributed by atoms with Gasteiger partial charge in [-0.2, -0.15) is 0 Å². The van der Waals surface area contributed by atoms with E-state index in [1.54, 1.807) is 13.3 Å². The normalized spacial score (nSPS) is 11.2. The van der Waals surface area contributed by atoms with E-state index < -0.39 is 0 Å². The number of ether oxygens (including phenoxy) is 1. The van der Waals surface area contributed by atoms with Crippen LogP contribution in [0.2, 0.25) is 0 Å². The molecule has 0 radical (unpaired) electrons. The number of aromatic amines is 1. The van der Waals surface area contributed by atoms with Gasteiger partial charge in [0, 0.05) is 55.1 Å². The maximum Gasteiger partial charge on any atom is 0.227 e. The Kier molecular flexibility index (Phi) is 6.37. The number of nitrogen functional groups attached to an aromatic ring is 1. The molecule has 0 aliphatic rings. The van der Waals surface area contributed by atoms with E-state index in [9.17, 15) is 0 Å². The van der Waals surface area contributed by atoms with E-state index in [2.05, 4.69) is 64.3 Å². The third kappa shape index (κ3) is 4.70. The number of nitrogens with one attached hydrogen (secondary N) is 2. The van der Waals surface area contributed by atoms with Gasteiger partial charge in [0.05, 0.1) is 29.9 Å². The third-order valence-corrected chi connectivity index (χ3v) is 5.74. The standard InChI is InChI=1S/C25H31N7O/c1-16-7-6-8-17-18(15-28-24(16)17)20-9-10-27-25(29-20)30-21-13-19(26)22(14-23(21)33-5)32(4)12-11-31(2)3/h6-10,13-15,28H,11-12,26H2,1-5H3,(H,27,29,30). The molecule has 0 atom stereocenters. The third-order valence-electron chi connectivity index (χ3n) is 5.74. The van der Waals surface area contributed by atoms with Crippen LogP contribution in [0.1, 0.15) is 5.56 Å². The largest absolute Gasteiger partial charge is 0.494 e. The second-order valence-corrected chi connectivity index (χ2v) is 8.43. The van der Waals surface area contributed by atoms with Gasteiger partial charge in [-0.25, -0.2) is 9.97 Å². The smallest absolute Gasteiger partial charge is 0.227 e. The van der Waals surface area contributed by atoms with Gasteiger partial charge >= 0.3 is 0 Å². The summed E-state index contributed by atoms with van der Waals surface area (Å²) in [6, 6.07) is 12.0. The van der Waals surface area contributed by atoms with Crippen LogP contribution in [0.25, 0.3) is 22.2 Å². The first-order chi connectivity index (χ1) is 15.9. The molecule has 4 aromatic rings. The number of aromatic nitrogens is 3. The van der Waals surface area contributed by atoms with Crippen LogP contribution < -0.4 is 20.7 Å². The highest BCUT2D eigenvalue weighted by Gasteiger charge is 2.15. The average Bonchev–Trinajstić information content (AvgIpc) is 3.23. The van der Waals surface area contributed by atoms with E-state index in [0.717, 1.165) is 40.9 Å². The molecule has 4 N–H and O–H groups in total. The summed E-state index contributed by atoms with van der Waals surface area (Å²) in [4.78, 5) is 16.8. The Hall–Kier alpha value is -3.78. The minimum atomic E-state index is 0.473. The summed E-state index contributed by atoms with van der Waals surface area (Å²) in [6.45, 7) is 3.86. The number of hydrogen-bond acceptors (Lipinski definition) is 7. The molecule has 0 amide bonds. The molecule has 0 saturated heterocycles. The molecule has 33 heavy (non-hydrogen) atoms. The molecule has 0 saturated carbocycles. The Balaban J connectivity index is 1.63. The van der Waals surface area contributed by atoms with Crippen molar-refractivity contribution in [2.45, 2.75) is 6.92 Å².